The molecule has 0 aliphatic heterocycles. The molecule has 0 aromatic heterocycles. The highest BCUT2D eigenvalue weighted by atomic mass is 35.5. The van der Waals surface area contributed by atoms with Crippen molar-refractivity contribution in [1.29, 1.82) is 0 Å². The Morgan fingerprint density at radius 2 is 1.50 bits per heavy atom. The number of benzene rings is 1. The predicted octanol–water partition coefficient (Wildman–Crippen LogP) is 3.39. The maximum Gasteiger partial charge on any atom is 0.427 e. The zero-order valence-corrected chi connectivity index (χ0v) is 10.8. The van der Waals surface area contributed by atoms with E-state index in [0.29, 0.717) is 12.1 Å². The number of alkyl halides is 7. The summed E-state index contributed by atoms with van der Waals surface area (Å²) in [6, 6.07) is 2.95. The fourth-order valence-electron chi connectivity index (χ4n) is 1.21. The lowest BCUT2D eigenvalue weighted by atomic mass is 10.1. The van der Waals surface area contributed by atoms with Gasteiger partial charge in [0.05, 0.1) is 5.69 Å². The fraction of sp³-hybridized carbons (Fsp3) is 0.300. The molecule has 0 saturated carbocycles. The summed E-state index contributed by atoms with van der Waals surface area (Å²) in [7, 11) is 0. The highest BCUT2D eigenvalue weighted by Gasteiger charge is 2.76. The van der Waals surface area contributed by atoms with Crippen LogP contribution in [0.2, 0.25) is 0 Å². The summed E-state index contributed by atoms with van der Waals surface area (Å²) in [5.74, 6) is -3.54. The largest absolute Gasteiger partial charge is 0.733 e. The van der Waals surface area contributed by atoms with Crippen LogP contribution >= 0.6 is 11.6 Å². The van der Waals surface area contributed by atoms with Crippen molar-refractivity contribution in [1.82, 2.24) is 0 Å². The van der Waals surface area contributed by atoms with Gasteiger partial charge in [-0.05, 0) is 24.3 Å². The second kappa shape index (κ2) is 5.82. The molecule has 0 radical (unpaired) electrons. The monoisotopic (exact) mass is 352 g/mol. The lowest BCUT2D eigenvalue weighted by Gasteiger charge is -2.29. The number of hydrogen-bond donors (Lipinski definition) is 1. The third kappa shape index (κ3) is 3.36. The molecule has 1 aromatic rings. The first-order valence-electron chi connectivity index (χ1n) is 5.11. The van der Waals surface area contributed by atoms with Crippen LogP contribution in [0.5, 0.6) is 5.75 Å². The Hall–Kier alpha value is -1.72. The maximum absolute atomic E-state index is 12.5. The van der Waals surface area contributed by atoms with Crippen molar-refractivity contribution < 1.29 is 41.1 Å². The van der Waals surface area contributed by atoms with Gasteiger partial charge in [0, 0.05) is 0 Å². The highest BCUT2D eigenvalue weighted by Crippen LogP contribution is 2.48. The first kappa shape index (κ1) is 18.3. The van der Waals surface area contributed by atoms with Gasteiger partial charge in [-0.2, -0.15) is 26.3 Å². The summed E-state index contributed by atoms with van der Waals surface area (Å²) < 4.78 is 78.9. The number of rotatable bonds is 3. The van der Waals surface area contributed by atoms with Crippen LogP contribution in [0.15, 0.2) is 24.3 Å². The van der Waals surface area contributed by atoms with Crippen LogP contribution in [0.1, 0.15) is 0 Å². The number of ether oxygens (including phenoxy) is 1. The van der Waals surface area contributed by atoms with Crippen molar-refractivity contribution in [3.05, 3.63) is 29.5 Å². The molecule has 0 spiro atoms. The van der Waals surface area contributed by atoms with Crippen LogP contribution in [0, 0.1) is 5.21 Å². The van der Waals surface area contributed by atoms with Crippen molar-refractivity contribution in [2.45, 2.75) is 17.2 Å². The predicted molar refractivity (Wildman–Crippen MR) is 60.4 cm³/mol. The number of hydrogen-bond acceptors (Lipinski definition) is 5. The van der Waals surface area contributed by atoms with Gasteiger partial charge in [0.1, 0.15) is 5.75 Å². The second-order valence-corrected chi connectivity index (χ2v) is 4.38. The van der Waals surface area contributed by atoms with E-state index in [0.717, 1.165) is 12.1 Å². The first-order chi connectivity index (χ1) is 9.80. The molecule has 0 bridgehead atoms. The average Bonchev–Trinajstić information content (AvgIpc) is 2.35. The Morgan fingerprint density at radius 1 is 1.09 bits per heavy atom. The van der Waals surface area contributed by atoms with E-state index < -0.39 is 39.9 Å². The highest BCUT2D eigenvalue weighted by molar-refractivity contribution is 6.35. The molecule has 1 rings (SSSR count). The lowest BCUT2D eigenvalue weighted by Crippen LogP contribution is -2.59. The number of carbonyl (C=O) groups excluding carboxylic acids is 1. The molecule has 0 saturated heterocycles. The molecule has 0 fully saturated rings. The molecule has 0 unspecified atom stereocenters. The van der Waals surface area contributed by atoms with Crippen molar-refractivity contribution >= 4 is 23.3 Å². The van der Waals surface area contributed by atoms with Gasteiger partial charge < -0.3 is 15.2 Å². The number of carbonyl (C=O) groups is 1. The molecule has 5 nitrogen and oxygen atoms in total. The number of halogens is 7. The average molecular weight is 353 g/mol. The van der Waals surface area contributed by atoms with E-state index in [2.05, 4.69) is 16.3 Å². The van der Waals surface area contributed by atoms with Crippen LogP contribution in [-0.4, -0.2) is 28.4 Å². The standard InChI is InChI=1S/C10H5ClF6NO4/c11-8(9(12,13)14,10(15,16)17)7(19)22-6-3-1-5(2-4-6)18(20)21/h1-4,20H/q-1. The molecular formula is C10H5ClF6NO4-. The SMILES string of the molecule is O=C(Oc1ccc(N([O-])O)cc1)C(Cl)(C(F)(F)F)C(F)(F)F. The van der Waals surface area contributed by atoms with Crippen molar-refractivity contribution in [3.8, 4) is 5.75 Å². The summed E-state index contributed by atoms with van der Waals surface area (Å²) in [6.07, 6.45) is -12.3. The Labute approximate surface area is 123 Å². The Balaban J connectivity index is 3.08. The molecule has 22 heavy (non-hydrogen) atoms. The van der Waals surface area contributed by atoms with Crippen molar-refractivity contribution in [2.24, 2.45) is 0 Å². The van der Waals surface area contributed by atoms with Gasteiger partial charge in [0.25, 0.3) is 0 Å². The van der Waals surface area contributed by atoms with Gasteiger partial charge >= 0.3 is 23.2 Å². The van der Waals surface area contributed by atoms with Gasteiger partial charge in [-0.15, -0.1) is 0 Å². The number of nitrogens with zero attached hydrogens (tertiary/aromatic N) is 1. The van der Waals surface area contributed by atoms with E-state index in [1.165, 1.54) is 0 Å². The van der Waals surface area contributed by atoms with Crippen LogP contribution in [0.4, 0.5) is 32.0 Å². The van der Waals surface area contributed by atoms with Gasteiger partial charge in [-0.25, -0.2) is 4.79 Å². The molecular weight excluding hydrogens is 348 g/mol. The minimum Gasteiger partial charge on any atom is -0.733 e. The maximum atomic E-state index is 12.5. The molecule has 0 atom stereocenters. The van der Waals surface area contributed by atoms with Crippen LogP contribution in [-0.2, 0) is 4.79 Å². The normalized spacial score (nSPS) is 13.0. The zero-order valence-electron chi connectivity index (χ0n) is 10.1. The summed E-state index contributed by atoms with van der Waals surface area (Å²) in [5, 5.41) is 18.3. The smallest absolute Gasteiger partial charge is 0.427 e. The van der Waals surface area contributed by atoms with Crippen LogP contribution in [0.3, 0.4) is 0 Å². The Bertz CT molecular complexity index is 528. The minimum atomic E-state index is -6.15. The first-order valence-corrected chi connectivity index (χ1v) is 5.49. The van der Waals surface area contributed by atoms with Crippen molar-refractivity contribution in [3.63, 3.8) is 0 Å². The van der Waals surface area contributed by atoms with Gasteiger partial charge in [0.15, 0.2) is 0 Å². The number of esters is 1. The Kier molecular flexibility index (Phi) is 4.85. The topological polar surface area (TPSA) is 72.8 Å². The van der Waals surface area contributed by atoms with E-state index in [-0.39, 0.29) is 0 Å². The van der Waals surface area contributed by atoms with Gasteiger partial charge in [0.2, 0.25) is 0 Å². The molecule has 1 N–H and O–H groups in total. The zero-order chi connectivity index (χ0) is 17.3. The quantitative estimate of drug-likeness (QED) is 0.297. The Morgan fingerprint density at radius 3 is 1.82 bits per heavy atom. The van der Waals surface area contributed by atoms with E-state index in [4.69, 9.17) is 5.21 Å². The second-order valence-electron chi connectivity index (χ2n) is 3.81. The molecule has 1 aromatic carbocycles. The molecule has 0 heterocycles. The molecule has 0 aliphatic rings. The van der Waals surface area contributed by atoms with E-state index >= 15 is 0 Å². The summed E-state index contributed by atoms with van der Waals surface area (Å²) >= 11 is 4.45. The molecule has 12 heteroatoms. The third-order valence-electron chi connectivity index (χ3n) is 2.33. The van der Waals surface area contributed by atoms with Crippen LogP contribution in [0.25, 0.3) is 0 Å². The van der Waals surface area contributed by atoms with Crippen molar-refractivity contribution in [2.75, 3.05) is 5.23 Å². The molecule has 0 aliphatic carbocycles. The van der Waals surface area contributed by atoms with E-state index in [1.807, 2.05) is 0 Å². The lowest BCUT2D eigenvalue weighted by molar-refractivity contribution is -0.265. The summed E-state index contributed by atoms with van der Waals surface area (Å²) in [4.78, 5) is 5.99. The molecule has 0 amide bonds. The molecule has 124 valence electrons. The van der Waals surface area contributed by atoms with Gasteiger partial charge in [-0.3, -0.25) is 5.21 Å². The van der Waals surface area contributed by atoms with E-state index in [1.54, 1.807) is 0 Å². The summed E-state index contributed by atoms with van der Waals surface area (Å²) in [5.41, 5.74) is -0.399. The number of anilines is 1. The third-order valence-corrected chi connectivity index (χ3v) is 2.91. The fourth-order valence-corrected chi connectivity index (χ4v) is 1.25. The summed E-state index contributed by atoms with van der Waals surface area (Å²) in [6.45, 7) is 0. The van der Waals surface area contributed by atoms with E-state index in [9.17, 15) is 36.3 Å². The van der Waals surface area contributed by atoms with Gasteiger partial charge in [-0.1, -0.05) is 11.6 Å². The minimum absolute atomic E-state index is 0.399. The van der Waals surface area contributed by atoms with Crippen LogP contribution < -0.4 is 9.96 Å².